The summed E-state index contributed by atoms with van der Waals surface area (Å²) in [5.41, 5.74) is 0.658. The van der Waals surface area contributed by atoms with Crippen LogP contribution in [-0.4, -0.2) is 36.2 Å². The Kier molecular flexibility index (Phi) is 25.9. The van der Waals surface area contributed by atoms with Gasteiger partial charge in [0, 0.05) is 17.2 Å². The van der Waals surface area contributed by atoms with Gasteiger partial charge >= 0.3 is 17.9 Å². The first-order valence-corrected chi connectivity index (χ1v) is 12.0. The third kappa shape index (κ3) is 25.8. The van der Waals surface area contributed by atoms with Crippen LogP contribution in [0, 0.1) is 11.8 Å². The van der Waals surface area contributed by atoms with Crippen LogP contribution in [0.5, 0.6) is 0 Å². The minimum atomic E-state index is -0.935. The fourth-order valence-electron chi connectivity index (χ4n) is 2.37. The third-order valence-electron chi connectivity index (χ3n) is 4.88. The second-order valence-corrected chi connectivity index (χ2v) is 8.13. The summed E-state index contributed by atoms with van der Waals surface area (Å²) in [4.78, 5) is 31.5. The van der Waals surface area contributed by atoms with Gasteiger partial charge in [0.15, 0.2) is 0 Å². The minimum absolute atomic E-state index is 0.176. The molecule has 0 aromatic carbocycles. The average Bonchev–Trinajstić information content (AvgIpc) is 2.79. The van der Waals surface area contributed by atoms with Crippen LogP contribution < -0.4 is 0 Å². The number of aliphatic carboxylic acids is 1. The predicted molar refractivity (Wildman–Crippen MR) is 136 cm³/mol. The third-order valence-corrected chi connectivity index (χ3v) is 4.88. The first-order chi connectivity index (χ1) is 15.5. The van der Waals surface area contributed by atoms with Crippen LogP contribution >= 0.6 is 0 Å². The molecule has 0 heterocycles. The molecule has 6 heteroatoms. The number of carboxylic acids is 1. The molecule has 0 aromatic heterocycles. The summed E-state index contributed by atoms with van der Waals surface area (Å²) in [6.45, 7) is 22.9. The Labute approximate surface area is 202 Å². The van der Waals surface area contributed by atoms with Gasteiger partial charge in [-0.3, -0.25) is 0 Å². The number of unbranched alkanes of at least 4 members (excludes halogenated alkanes) is 2. The van der Waals surface area contributed by atoms with Gasteiger partial charge < -0.3 is 14.6 Å². The highest BCUT2D eigenvalue weighted by Crippen LogP contribution is 2.14. The van der Waals surface area contributed by atoms with E-state index in [0.29, 0.717) is 30.6 Å². The van der Waals surface area contributed by atoms with Gasteiger partial charge in [0.2, 0.25) is 0 Å². The Morgan fingerprint density at radius 3 is 1.48 bits per heavy atom. The molecular weight excluding hydrogens is 420 g/mol. The van der Waals surface area contributed by atoms with Crippen LogP contribution in [0.2, 0.25) is 0 Å². The molecule has 0 rings (SSSR count). The summed E-state index contributed by atoms with van der Waals surface area (Å²) >= 11 is 0. The molecule has 0 aliphatic heterocycles. The van der Waals surface area contributed by atoms with E-state index in [4.69, 9.17) is 14.6 Å². The van der Waals surface area contributed by atoms with Crippen molar-refractivity contribution in [2.75, 3.05) is 13.2 Å². The highest BCUT2D eigenvalue weighted by atomic mass is 16.5. The van der Waals surface area contributed by atoms with Crippen molar-refractivity contribution in [3.05, 3.63) is 37.0 Å². The molecule has 0 saturated heterocycles. The standard InChI is InChI=1S/C12H22O2.C11H20O2.C4H6O2/c1-5-7-8-11(6-2)9-14-12(13)10(3)4;1-4-7-8-10(5-2)9-13-11(12)6-3;1-3(2)4(5)6/h11H,3,5-9H2,1-2,4H3;6,10H,3-5,7-9H2,1-2H3;1H2,2H3,(H,5,6). The zero-order valence-electron chi connectivity index (χ0n) is 21.9. The van der Waals surface area contributed by atoms with Gasteiger partial charge in [-0.05, 0) is 38.5 Å². The first kappa shape index (κ1) is 35.2. The molecule has 2 unspecified atom stereocenters. The number of rotatable bonds is 15. The number of hydrogen-bond donors (Lipinski definition) is 1. The lowest BCUT2D eigenvalue weighted by Gasteiger charge is -2.14. The summed E-state index contributed by atoms with van der Waals surface area (Å²) in [5, 5.41) is 7.89. The van der Waals surface area contributed by atoms with Crippen LogP contribution in [0.25, 0.3) is 0 Å². The molecule has 0 aromatic rings. The van der Waals surface area contributed by atoms with E-state index in [1.807, 2.05) is 0 Å². The summed E-state index contributed by atoms with van der Waals surface area (Å²) in [6.07, 6.45) is 10.5. The normalized spacial score (nSPS) is 11.3. The maximum atomic E-state index is 11.1. The lowest BCUT2D eigenvalue weighted by molar-refractivity contribution is -0.140. The second kappa shape index (κ2) is 24.3. The monoisotopic (exact) mass is 468 g/mol. The maximum absolute atomic E-state index is 11.1. The van der Waals surface area contributed by atoms with Crippen molar-refractivity contribution in [3.8, 4) is 0 Å². The Balaban J connectivity index is -0.000000441. The van der Waals surface area contributed by atoms with Crippen molar-refractivity contribution in [1.82, 2.24) is 0 Å². The minimum Gasteiger partial charge on any atom is -0.478 e. The van der Waals surface area contributed by atoms with E-state index in [9.17, 15) is 14.4 Å². The van der Waals surface area contributed by atoms with Gasteiger partial charge in [0.1, 0.15) is 0 Å². The van der Waals surface area contributed by atoms with E-state index in [0.717, 1.165) is 25.7 Å². The Hall–Kier alpha value is -2.37. The molecule has 0 aliphatic rings. The molecular formula is C27H48O6. The molecule has 0 saturated carbocycles. The second-order valence-electron chi connectivity index (χ2n) is 8.13. The molecule has 0 radical (unpaired) electrons. The summed E-state index contributed by atoms with van der Waals surface area (Å²) < 4.78 is 10.1. The zero-order chi connectivity index (χ0) is 26.2. The van der Waals surface area contributed by atoms with Crippen molar-refractivity contribution in [3.63, 3.8) is 0 Å². The van der Waals surface area contributed by atoms with Crippen LogP contribution in [0.1, 0.15) is 92.9 Å². The highest BCUT2D eigenvalue weighted by molar-refractivity contribution is 5.86. The Morgan fingerprint density at radius 1 is 0.818 bits per heavy atom. The molecule has 0 spiro atoms. The molecule has 0 bridgehead atoms. The van der Waals surface area contributed by atoms with Crippen LogP contribution in [0.4, 0.5) is 0 Å². The number of carbonyl (C=O) groups excluding carboxylic acids is 2. The molecule has 1 N–H and O–H groups in total. The van der Waals surface area contributed by atoms with Crippen molar-refractivity contribution in [2.45, 2.75) is 92.9 Å². The first-order valence-electron chi connectivity index (χ1n) is 12.0. The fourth-order valence-corrected chi connectivity index (χ4v) is 2.37. The highest BCUT2D eigenvalue weighted by Gasteiger charge is 2.10. The predicted octanol–water partition coefficient (Wildman–Crippen LogP) is 6.90. The van der Waals surface area contributed by atoms with Crippen molar-refractivity contribution >= 4 is 17.9 Å². The van der Waals surface area contributed by atoms with Crippen molar-refractivity contribution in [1.29, 1.82) is 0 Å². The number of carboxylic acid groups (broad SMARTS) is 1. The summed E-state index contributed by atoms with van der Waals surface area (Å²) in [6, 6.07) is 0. The average molecular weight is 469 g/mol. The van der Waals surface area contributed by atoms with Crippen molar-refractivity contribution in [2.24, 2.45) is 11.8 Å². The van der Waals surface area contributed by atoms with Gasteiger partial charge in [-0.15, -0.1) is 0 Å². The largest absolute Gasteiger partial charge is 0.478 e. The van der Waals surface area contributed by atoms with Crippen LogP contribution in [0.15, 0.2) is 37.0 Å². The quantitative estimate of drug-likeness (QED) is 0.208. The number of carbonyl (C=O) groups is 3. The summed E-state index contributed by atoms with van der Waals surface area (Å²) in [7, 11) is 0. The molecule has 0 fully saturated rings. The van der Waals surface area contributed by atoms with E-state index in [1.165, 1.54) is 38.7 Å². The van der Waals surface area contributed by atoms with Gasteiger partial charge in [-0.2, -0.15) is 0 Å². The Morgan fingerprint density at radius 2 is 1.21 bits per heavy atom. The molecule has 0 amide bonds. The molecule has 192 valence electrons. The number of hydrogen-bond acceptors (Lipinski definition) is 5. The molecule has 0 aliphatic carbocycles. The van der Waals surface area contributed by atoms with E-state index >= 15 is 0 Å². The van der Waals surface area contributed by atoms with Gasteiger partial charge in [0.05, 0.1) is 13.2 Å². The number of ether oxygens (including phenoxy) is 2. The van der Waals surface area contributed by atoms with E-state index in [-0.39, 0.29) is 17.5 Å². The van der Waals surface area contributed by atoms with Gasteiger partial charge in [0.25, 0.3) is 0 Å². The molecule has 33 heavy (non-hydrogen) atoms. The zero-order valence-corrected chi connectivity index (χ0v) is 21.9. The van der Waals surface area contributed by atoms with E-state index in [2.05, 4.69) is 47.4 Å². The van der Waals surface area contributed by atoms with Crippen LogP contribution in [-0.2, 0) is 23.9 Å². The topological polar surface area (TPSA) is 89.9 Å². The SMILES string of the molecule is C=C(C)C(=O)O.C=C(C)C(=O)OCC(CC)CCCC.C=CC(=O)OCC(CC)CCCC. The van der Waals surface area contributed by atoms with Crippen molar-refractivity contribution < 1.29 is 29.0 Å². The van der Waals surface area contributed by atoms with Crippen LogP contribution in [0.3, 0.4) is 0 Å². The maximum Gasteiger partial charge on any atom is 0.333 e. The lowest BCUT2D eigenvalue weighted by atomic mass is 10.0. The molecule has 2 atom stereocenters. The van der Waals surface area contributed by atoms with Gasteiger partial charge in [-0.1, -0.05) is 86.0 Å². The van der Waals surface area contributed by atoms with Gasteiger partial charge in [-0.25, -0.2) is 14.4 Å². The lowest BCUT2D eigenvalue weighted by Crippen LogP contribution is -2.14. The summed E-state index contributed by atoms with van der Waals surface area (Å²) in [5.74, 6) is -0.480. The fraction of sp³-hybridized carbons (Fsp3) is 0.667. The van der Waals surface area contributed by atoms with E-state index < -0.39 is 5.97 Å². The Bertz CT molecular complexity index is 567. The smallest absolute Gasteiger partial charge is 0.333 e. The molecule has 6 nitrogen and oxygen atoms in total. The number of esters is 2. The van der Waals surface area contributed by atoms with E-state index in [1.54, 1.807) is 6.92 Å².